The Kier molecular flexibility index (Phi) is 4.85. The second-order valence-electron chi connectivity index (χ2n) is 4.82. The minimum absolute atomic E-state index is 0.203. The molecule has 0 radical (unpaired) electrons. The van der Waals surface area contributed by atoms with Crippen LogP contribution in [0.25, 0.3) is 0 Å². The molecule has 0 amide bonds. The van der Waals surface area contributed by atoms with Crippen LogP contribution in [0.1, 0.15) is 19.8 Å². The molecule has 0 bridgehead atoms. The lowest BCUT2D eigenvalue weighted by Crippen LogP contribution is -2.37. The molecule has 1 heterocycles. The van der Waals surface area contributed by atoms with Gasteiger partial charge in [0.05, 0.1) is 6.10 Å². The van der Waals surface area contributed by atoms with Crippen LogP contribution < -0.4 is 0 Å². The lowest BCUT2D eigenvalue weighted by atomic mass is 9.96. The zero-order valence-corrected chi connectivity index (χ0v) is 9.74. The van der Waals surface area contributed by atoms with Crippen LogP contribution in [0.4, 0.5) is 0 Å². The summed E-state index contributed by atoms with van der Waals surface area (Å²) in [5, 5.41) is 9.24. The van der Waals surface area contributed by atoms with E-state index >= 15 is 0 Å². The summed E-state index contributed by atoms with van der Waals surface area (Å²) in [7, 11) is 4.29. The van der Waals surface area contributed by atoms with E-state index in [2.05, 4.69) is 23.9 Å². The van der Waals surface area contributed by atoms with Gasteiger partial charge in [-0.1, -0.05) is 0 Å². The lowest BCUT2D eigenvalue weighted by Gasteiger charge is -2.32. The lowest BCUT2D eigenvalue weighted by molar-refractivity contribution is 0.117. The zero-order valence-electron chi connectivity index (χ0n) is 9.74. The Balaban J connectivity index is 2.17. The maximum atomic E-state index is 9.24. The van der Waals surface area contributed by atoms with Gasteiger partial charge in [0.15, 0.2) is 0 Å². The van der Waals surface area contributed by atoms with Crippen molar-refractivity contribution in [1.82, 2.24) is 9.80 Å². The van der Waals surface area contributed by atoms with E-state index in [0.29, 0.717) is 0 Å². The van der Waals surface area contributed by atoms with Crippen LogP contribution in [0, 0.1) is 5.92 Å². The smallest absolute Gasteiger partial charge is 0.0638 e. The van der Waals surface area contributed by atoms with Crippen molar-refractivity contribution in [3.8, 4) is 0 Å². The molecule has 1 aliphatic rings. The summed E-state index contributed by atoms with van der Waals surface area (Å²) in [4.78, 5) is 4.64. The number of likely N-dealkylation sites (tertiary alicyclic amines) is 1. The second-order valence-corrected chi connectivity index (χ2v) is 4.82. The monoisotopic (exact) mass is 200 g/mol. The Morgan fingerprint density at radius 2 is 2.00 bits per heavy atom. The molecule has 14 heavy (non-hydrogen) atoms. The van der Waals surface area contributed by atoms with E-state index in [9.17, 15) is 5.11 Å². The summed E-state index contributed by atoms with van der Waals surface area (Å²) in [6.07, 6.45) is 2.41. The first-order chi connectivity index (χ1) is 6.58. The van der Waals surface area contributed by atoms with E-state index in [-0.39, 0.29) is 6.10 Å². The van der Waals surface area contributed by atoms with Gasteiger partial charge in [0.2, 0.25) is 0 Å². The standard InChI is InChI=1S/C11H24N2O/c1-10(14)8-13(3)9-11-4-6-12(2)7-5-11/h10-11,14H,4-9H2,1-3H3/t10-/m0/s1. The molecule has 0 aromatic rings. The van der Waals surface area contributed by atoms with Crippen molar-refractivity contribution in [3.63, 3.8) is 0 Å². The van der Waals surface area contributed by atoms with Crippen molar-refractivity contribution in [2.45, 2.75) is 25.9 Å². The van der Waals surface area contributed by atoms with Gasteiger partial charge in [0.25, 0.3) is 0 Å². The average Bonchev–Trinajstić information content (AvgIpc) is 2.07. The van der Waals surface area contributed by atoms with Gasteiger partial charge in [-0.25, -0.2) is 0 Å². The summed E-state index contributed by atoms with van der Waals surface area (Å²) < 4.78 is 0. The maximum Gasteiger partial charge on any atom is 0.0638 e. The fraction of sp³-hybridized carbons (Fsp3) is 1.00. The molecule has 0 saturated carbocycles. The van der Waals surface area contributed by atoms with Crippen molar-refractivity contribution in [3.05, 3.63) is 0 Å². The molecule has 1 atom stereocenters. The Morgan fingerprint density at radius 3 is 2.50 bits per heavy atom. The van der Waals surface area contributed by atoms with E-state index in [1.165, 1.54) is 25.9 Å². The van der Waals surface area contributed by atoms with Crippen LogP contribution in [-0.2, 0) is 0 Å². The molecule has 0 spiro atoms. The first-order valence-electron chi connectivity index (χ1n) is 5.63. The van der Waals surface area contributed by atoms with Crippen molar-refractivity contribution in [2.24, 2.45) is 5.92 Å². The van der Waals surface area contributed by atoms with Crippen LogP contribution in [0.5, 0.6) is 0 Å². The molecule has 0 aliphatic carbocycles. The molecule has 3 heteroatoms. The number of aliphatic hydroxyl groups excluding tert-OH is 1. The van der Waals surface area contributed by atoms with Gasteiger partial charge >= 0.3 is 0 Å². The van der Waals surface area contributed by atoms with Crippen LogP contribution >= 0.6 is 0 Å². The molecule has 1 aliphatic heterocycles. The zero-order chi connectivity index (χ0) is 10.6. The second kappa shape index (κ2) is 5.69. The molecule has 1 saturated heterocycles. The topological polar surface area (TPSA) is 26.7 Å². The number of rotatable bonds is 4. The third-order valence-electron chi connectivity index (χ3n) is 2.98. The minimum Gasteiger partial charge on any atom is -0.392 e. The van der Waals surface area contributed by atoms with Crippen LogP contribution in [-0.4, -0.2) is 61.3 Å². The van der Waals surface area contributed by atoms with Crippen LogP contribution in [0.15, 0.2) is 0 Å². The third kappa shape index (κ3) is 4.40. The van der Waals surface area contributed by atoms with Crippen molar-refractivity contribution < 1.29 is 5.11 Å². The molecule has 1 fully saturated rings. The maximum absolute atomic E-state index is 9.24. The quantitative estimate of drug-likeness (QED) is 0.721. The number of aliphatic hydroxyl groups is 1. The first-order valence-corrected chi connectivity index (χ1v) is 5.63. The van der Waals surface area contributed by atoms with Gasteiger partial charge in [-0.2, -0.15) is 0 Å². The largest absolute Gasteiger partial charge is 0.392 e. The minimum atomic E-state index is -0.203. The number of piperidine rings is 1. The highest BCUT2D eigenvalue weighted by molar-refractivity contribution is 4.72. The molecule has 0 unspecified atom stereocenters. The SMILES string of the molecule is C[C@H](O)CN(C)CC1CCN(C)CC1. The van der Waals surface area contributed by atoms with Crippen LogP contribution in [0.3, 0.4) is 0 Å². The van der Waals surface area contributed by atoms with E-state index in [0.717, 1.165) is 19.0 Å². The van der Waals surface area contributed by atoms with Crippen molar-refractivity contribution in [2.75, 3.05) is 40.3 Å². The molecular weight excluding hydrogens is 176 g/mol. The highest BCUT2D eigenvalue weighted by atomic mass is 16.3. The predicted octanol–water partition coefficient (Wildman–Crippen LogP) is 0.641. The van der Waals surface area contributed by atoms with E-state index in [4.69, 9.17) is 0 Å². The summed E-state index contributed by atoms with van der Waals surface area (Å²) >= 11 is 0. The van der Waals surface area contributed by atoms with Gasteiger partial charge < -0.3 is 14.9 Å². The van der Waals surface area contributed by atoms with Gasteiger partial charge in [0, 0.05) is 13.1 Å². The van der Waals surface area contributed by atoms with E-state index < -0.39 is 0 Å². The van der Waals surface area contributed by atoms with Crippen molar-refractivity contribution in [1.29, 1.82) is 0 Å². The fourth-order valence-electron chi connectivity index (χ4n) is 2.21. The molecule has 0 aromatic carbocycles. The van der Waals surface area contributed by atoms with Crippen molar-refractivity contribution >= 4 is 0 Å². The van der Waals surface area contributed by atoms with Gasteiger partial charge in [-0.05, 0) is 52.9 Å². The average molecular weight is 200 g/mol. The van der Waals surface area contributed by atoms with Gasteiger partial charge in [0.1, 0.15) is 0 Å². The number of hydrogen-bond acceptors (Lipinski definition) is 3. The fourth-order valence-corrected chi connectivity index (χ4v) is 2.21. The van der Waals surface area contributed by atoms with E-state index in [1.54, 1.807) is 0 Å². The molecule has 0 aromatic heterocycles. The molecule has 1 rings (SSSR count). The number of likely N-dealkylation sites (N-methyl/N-ethyl adjacent to an activating group) is 1. The van der Waals surface area contributed by atoms with Gasteiger partial charge in [-0.3, -0.25) is 0 Å². The third-order valence-corrected chi connectivity index (χ3v) is 2.98. The summed E-state index contributed by atoms with van der Waals surface area (Å²) in [5.74, 6) is 0.829. The highest BCUT2D eigenvalue weighted by Crippen LogP contribution is 2.16. The Morgan fingerprint density at radius 1 is 1.43 bits per heavy atom. The van der Waals surface area contributed by atoms with Gasteiger partial charge in [-0.15, -0.1) is 0 Å². The summed E-state index contributed by atoms with van der Waals surface area (Å²) in [6.45, 7) is 6.25. The predicted molar refractivity (Wildman–Crippen MR) is 59.4 cm³/mol. The Hall–Kier alpha value is -0.120. The number of nitrogens with zero attached hydrogens (tertiary/aromatic N) is 2. The highest BCUT2D eigenvalue weighted by Gasteiger charge is 2.18. The molecule has 1 N–H and O–H groups in total. The number of hydrogen-bond donors (Lipinski definition) is 1. The molecule has 84 valence electrons. The summed E-state index contributed by atoms with van der Waals surface area (Å²) in [6, 6.07) is 0. The Labute approximate surface area is 87.7 Å². The molecule has 3 nitrogen and oxygen atoms in total. The van der Waals surface area contributed by atoms with Crippen LogP contribution in [0.2, 0.25) is 0 Å². The molecular formula is C11H24N2O. The van der Waals surface area contributed by atoms with E-state index in [1.807, 2.05) is 6.92 Å². The normalized spacial score (nSPS) is 22.9. The summed E-state index contributed by atoms with van der Waals surface area (Å²) in [5.41, 5.74) is 0. The Bertz CT molecular complexity index is 153. The first kappa shape index (κ1) is 12.0.